The lowest BCUT2D eigenvalue weighted by Crippen LogP contribution is -2.18. The van der Waals surface area contributed by atoms with E-state index in [4.69, 9.17) is 9.47 Å². The smallest absolute Gasteiger partial charge is 0.314 e. The quantitative estimate of drug-likeness (QED) is 0.862. The summed E-state index contributed by atoms with van der Waals surface area (Å²) in [6.45, 7) is 2.13. The minimum Gasteiger partial charge on any atom is -0.507 e. The maximum Gasteiger partial charge on any atom is 0.314 e. The molecular formula is C18H18O4S. The first kappa shape index (κ1) is 15.7. The summed E-state index contributed by atoms with van der Waals surface area (Å²) in [6.07, 6.45) is 0. The van der Waals surface area contributed by atoms with Gasteiger partial charge in [-0.25, -0.2) is 0 Å². The molecule has 1 aliphatic heterocycles. The van der Waals surface area contributed by atoms with Crippen molar-refractivity contribution in [1.82, 2.24) is 0 Å². The zero-order chi connectivity index (χ0) is 16.4. The maximum atomic E-state index is 12.5. The van der Waals surface area contributed by atoms with Gasteiger partial charge >= 0.3 is 5.97 Å². The Kier molecular flexibility index (Phi) is 4.48. The highest BCUT2D eigenvalue weighted by Crippen LogP contribution is 2.56. The van der Waals surface area contributed by atoms with Gasteiger partial charge in [-0.1, -0.05) is 24.3 Å². The monoisotopic (exact) mass is 330 g/mol. The number of thioether (sulfide) groups is 1. The van der Waals surface area contributed by atoms with Crippen molar-refractivity contribution >= 4 is 17.7 Å². The Morgan fingerprint density at radius 3 is 2.70 bits per heavy atom. The first-order chi connectivity index (χ1) is 11.2. The van der Waals surface area contributed by atoms with E-state index in [9.17, 15) is 9.90 Å². The molecule has 1 aliphatic rings. The van der Waals surface area contributed by atoms with Gasteiger partial charge in [0.25, 0.3) is 0 Å². The first-order valence-corrected chi connectivity index (χ1v) is 8.32. The Bertz CT molecular complexity index is 729. The molecule has 5 heteroatoms. The Morgan fingerprint density at radius 1 is 1.22 bits per heavy atom. The maximum absolute atomic E-state index is 12.5. The van der Waals surface area contributed by atoms with Gasteiger partial charge in [0.15, 0.2) is 0 Å². The molecule has 1 N–H and O–H groups in total. The average Bonchev–Trinajstić information content (AvgIpc) is 2.94. The summed E-state index contributed by atoms with van der Waals surface area (Å²) in [7, 11) is 1.55. The van der Waals surface area contributed by atoms with Crippen LogP contribution in [0.4, 0.5) is 0 Å². The topological polar surface area (TPSA) is 55.8 Å². The minimum absolute atomic E-state index is 0.129. The predicted octanol–water partition coefficient (Wildman–Crippen LogP) is 3.89. The van der Waals surface area contributed by atoms with Crippen LogP contribution in [0.15, 0.2) is 47.4 Å². The Labute approximate surface area is 139 Å². The molecule has 0 bridgehead atoms. The number of fused-ring (bicyclic) bond motifs is 1. The standard InChI is InChI=1S/C18H18O4S/c1-3-22-18(20)16-13-6-4-5-7-15(13)23-17(16)12-9-8-11(21-2)10-14(12)19/h4-10,16-17,19H,3H2,1-2H3. The van der Waals surface area contributed by atoms with Gasteiger partial charge in [-0.05, 0) is 24.6 Å². The third-order valence-electron chi connectivity index (χ3n) is 3.90. The van der Waals surface area contributed by atoms with Gasteiger partial charge in [-0.3, -0.25) is 4.79 Å². The summed E-state index contributed by atoms with van der Waals surface area (Å²) in [5.74, 6) is 0.0315. The highest BCUT2D eigenvalue weighted by Gasteiger charge is 2.41. The summed E-state index contributed by atoms with van der Waals surface area (Å²) >= 11 is 1.58. The highest BCUT2D eigenvalue weighted by molar-refractivity contribution is 8.00. The first-order valence-electron chi connectivity index (χ1n) is 7.44. The van der Waals surface area contributed by atoms with E-state index < -0.39 is 5.92 Å². The molecule has 23 heavy (non-hydrogen) atoms. The molecule has 1 heterocycles. The van der Waals surface area contributed by atoms with Crippen molar-refractivity contribution in [3.05, 3.63) is 53.6 Å². The highest BCUT2D eigenvalue weighted by atomic mass is 32.2. The van der Waals surface area contributed by atoms with Crippen molar-refractivity contribution in [2.75, 3.05) is 13.7 Å². The van der Waals surface area contributed by atoms with Crippen LogP contribution in [-0.2, 0) is 9.53 Å². The van der Waals surface area contributed by atoms with Gasteiger partial charge in [0.2, 0.25) is 0 Å². The van der Waals surface area contributed by atoms with Crippen molar-refractivity contribution < 1.29 is 19.4 Å². The lowest BCUT2D eigenvalue weighted by Gasteiger charge is -2.19. The molecule has 0 saturated carbocycles. The van der Waals surface area contributed by atoms with Crippen LogP contribution in [-0.4, -0.2) is 24.8 Å². The van der Waals surface area contributed by atoms with Gasteiger partial charge < -0.3 is 14.6 Å². The normalized spacial score (nSPS) is 19.2. The van der Waals surface area contributed by atoms with Crippen molar-refractivity contribution in [3.63, 3.8) is 0 Å². The Morgan fingerprint density at radius 2 is 2.00 bits per heavy atom. The fraction of sp³-hybridized carbons (Fsp3) is 0.278. The molecule has 2 atom stereocenters. The molecular weight excluding hydrogens is 312 g/mol. The Balaban J connectivity index is 2.03. The van der Waals surface area contributed by atoms with Crippen LogP contribution in [0.5, 0.6) is 11.5 Å². The fourth-order valence-corrected chi connectivity index (χ4v) is 4.31. The van der Waals surface area contributed by atoms with Crippen molar-refractivity contribution in [1.29, 1.82) is 0 Å². The van der Waals surface area contributed by atoms with E-state index in [1.807, 2.05) is 30.3 Å². The van der Waals surface area contributed by atoms with E-state index >= 15 is 0 Å². The Hall–Kier alpha value is -2.14. The van der Waals surface area contributed by atoms with E-state index in [0.29, 0.717) is 17.9 Å². The molecule has 2 aromatic rings. The van der Waals surface area contributed by atoms with Crippen LogP contribution in [0.1, 0.15) is 29.2 Å². The number of phenolic OH excluding ortho intramolecular Hbond substituents is 1. The van der Waals surface area contributed by atoms with E-state index in [2.05, 4.69) is 0 Å². The van der Waals surface area contributed by atoms with Crippen molar-refractivity contribution in [3.8, 4) is 11.5 Å². The van der Waals surface area contributed by atoms with Gasteiger partial charge in [-0.15, -0.1) is 11.8 Å². The summed E-state index contributed by atoms with van der Waals surface area (Å²) in [5.41, 5.74) is 1.67. The minimum atomic E-state index is -0.421. The SMILES string of the molecule is CCOC(=O)C1c2ccccc2SC1c1ccc(OC)cc1O. The molecule has 2 unspecified atom stereocenters. The van der Waals surface area contributed by atoms with Crippen molar-refractivity contribution in [2.24, 2.45) is 0 Å². The number of carbonyl (C=O) groups excluding carboxylic acids is 1. The number of phenols is 1. The number of hydrogen-bond acceptors (Lipinski definition) is 5. The molecule has 0 radical (unpaired) electrons. The molecule has 0 saturated heterocycles. The molecule has 0 amide bonds. The van der Waals surface area contributed by atoms with E-state index in [-0.39, 0.29) is 17.0 Å². The molecule has 2 aromatic carbocycles. The zero-order valence-corrected chi connectivity index (χ0v) is 13.8. The van der Waals surface area contributed by atoms with Gasteiger partial charge in [0.1, 0.15) is 11.5 Å². The molecule has 0 fully saturated rings. The number of aromatic hydroxyl groups is 1. The van der Waals surface area contributed by atoms with Gasteiger partial charge in [-0.2, -0.15) is 0 Å². The number of ether oxygens (including phenoxy) is 2. The summed E-state index contributed by atoms with van der Waals surface area (Å²) in [4.78, 5) is 13.5. The molecule has 0 aliphatic carbocycles. The summed E-state index contributed by atoms with van der Waals surface area (Å²) in [5, 5.41) is 10.1. The molecule has 120 valence electrons. The molecule has 3 rings (SSSR count). The van der Waals surface area contributed by atoms with E-state index in [1.54, 1.807) is 37.9 Å². The van der Waals surface area contributed by atoms with Gasteiger partial charge in [0.05, 0.1) is 24.9 Å². The van der Waals surface area contributed by atoms with Crippen LogP contribution in [0.25, 0.3) is 0 Å². The number of esters is 1. The third-order valence-corrected chi connectivity index (χ3v) is 5.30. The predicted molar refractivity (Wildman–Crippen MR) is 89.1 cm³/mol. The number of methoxy groups -OCH3 is 1. The van der Waals surface area contributed by atoms with Gasteiger partial charge in [0, 0.05) is 16.5 Å². The summed E-state index contributed by atoms with van der Waals surface area (Å²) < 4.78 is 10.4. The fourth-order valence-electron chi connectivity index (χ4n) is 2.83. The van der Waals surface area contributed by atoms with Crippen LogP contribution in [0, 0.1) is 0 Å². The lowest BCUT2D eigenvalue weighted by molar-refractivity contribution is -0.144. The second-order valence-corrected chi connectivity index (χ2v) is 6.41. The second kappa shape index (κ2) is 6.54. The van der Waals surface area contributed by atoms with Crippen LogP contribution in [0.2, 0.25) is 0 Å². The molecule has 0 aromatic heterocycles. The largest absolute Gasteiger partial charge is 0.507 e. The molecule has 4 nitrogen and oxygen atoms in total. The number of hydrogen-bond donors (Lipinski definition) is 1. The van der Waals surface area contributed by atoms with E-state index in [1.165, 1.54) is 0 Å². The molecule has 0 spiro atoms. The van der Waals surface area contributed by atoms with Crippen LogP contribution in [0.3, 0.4) is 0 Å². The van der Waals surface area contributed by atoms with Crippen molar-refractivity contribution in [2.45, 2.75) is 23.0 Å². The average molecular weight is 330 g/mol. The number of rotatable bonds is 4. The second-order valence-electron chi connectivity index (χ2n) is 5.23. The summed E-state index contributed by atoms with van der Waals surface area (Å²) in [6, 6.07) is 13.0. The van der Waals surface area contributed by atoms with Crippen LogP contribution >= 0.6 is 11.8 Å². The number of benzene rings is 2. The third kappa shape index (κ3) is 2.88. The van der Waals surface area contributed by atoms with Crippen LogP contribution < -0.4 is 4.74 Å². The zero-order valence-electron chi connectivity index (χ0n) is 13.0. The number of carbonyl (C=O) groups is 1. The lowest BCUT2D eigenvalue weighted by atomic mass is 9.91. The van der Waals surface area contributed by atoms with E-state index in [0.717, 1.165) is 10.5 Å².